The number of carbonyl (C=O) groups excluding carboxylic acids is 1. The highest BCUT2D eigenvalue weighted by atomic mass is 19.1. The molecule has 0 amide bonds. The maximum Gasteiger partial charge on any atom is 0.305 e. The summed E-state index contributed by atoms with van der Waals surface area (Å²) in [7, 11) is 0. The molecule has 3 aromatic rings. The summed E-state index contributed by atoms with van der Waals surface area (Å²) in [4.78, 5) is 16.2. The van der Waals surface area contributed by atoms with Gasteiger partial charge in [0.2, 0.25) is 5.82 Å². The molecule has 3 N–H and O–H groups in total. The van der Waals surface area contributed by atoms with Crippen LogP contribution in [0.2, 0.25) is 0 Å². The lowest BCUT2D eigenvalue weighted by Gasteiger charge is -2.12. The number of anilines is 2. The van der Waals surface area contributed by atoms with Gasteiger partial charge in [0, 0.05) is 24.4 Å². The predicted octanol–water partition coefficient (Wildman–Crippen LogP) is 4.76. The lowest BCUT2D eigenvalue weighted by molar-refractivity contribution is -0.143. The highest BCUT2D eigenvalue weighted by Gasteiger charge is 2.29. The quantitative estimate of drug-likeness (QED) is 0.370. The number of hydrogen-bond acceptors (Lipinski definition) is 8. The maximum atomic E-state index is 14.9. The van der Waals surface area contributed by atoms with E-state index in [0.29, 0.717) is 48.7 Å². The Labute approximate surface area is 191 Å². The molecule has 33 heavy (non-hydrogen) atoms. The van der Waals surface area contributed by atoms with Gasteiger partial charge in [-0.1, -0.05) is 11.2 Å². The first-order valence-electron chi connectivity index (χ1n) is 11.0. The number of nitrogens with two attached hydrogens (primary N) is 1. The van der Waals surface area contributed by atoms with E-state index in [2.05, 4.69) is 15.5 Å². The fourth-order valence-corrected chi connectivity index (χ4v) is 3.95. The summed E-state index contributed by atoms with van der Waals surface area (Å²) in [5.41, 5.74) is 8.92. The Kier molecular flexibility index (Phi) is 6.48. The standard InChI is InChI=1S/C24H27FN4O4/c1-4-31-20(30)10-6-15-12-27-22-16(15)7-8-17(25)21(22)23-28-24(33-29-23)14-5-9-19(18(26)11-14)32-13(2)3/h5,7-9,11,13,15,27H,4,6,10,12,26H2,1-3H3. The normalized spacial score (nSPS) is 14.8. The Morgan fingerprint density at radius 1 is 1.33 bits per heavy atom. The highest BCUT2D eigenvalue weighted by Crippen LogP contribution is 2.42. The summed E-state index contributed by atoms with van der Waals surface area (Å²) in [6.07, 6.45) is 0.896. The van der Waals surface area contributed by atoms with Crippen LogP contribution >= 0.6 is 0 Å². The number of hydrogen-bond donors (Lipinski definition) is 2. The number of rotatable bonds is 8. The number of aromatic nitrogens is 2. The molecule has 8 nitrogen and oxygen atoms in total. The molecule has 0 spiro atoms. The van der Waals surface area contributed by atoms with Gasteiger partial charge in [0.1, 0.15) is 11.6 Å². The van der Waals surface area contributed by atoms with Gasteiger partial charge in [-0.2, -0.15) is 4.98 Å². The second-order valence-electron chi connectivity index (χ2n) is 8.15. The van der Waals surface area contributed by atoms with Crippen molar-refractivity contribution in [2.75, 3.05) is 24.2 Å². The van der Waals surface area contributed by atoms with Crippen LogP contribution in [0, 0.1) is 5.82 Å². The number of benzene rings is 2. The van der Waals surface area contributed by atoms with Gasteiger partial charge >= 0.3 is 5.97 Å². The second kappa shape index (κ2) is 9.48. The lowest BCUT2D eigenvalue weighted by atomic mass is 9.94. The van der Waals surface area contributed by atoms with Crippen LogP contribution in [0.3, 0.4) is 0 Å². The molecule has 0 fully saturated rings. The number of halogens is 1. The number of nitrogens with zero attached hydrogens (tertiary/aromatic N) is 2. The fraction of sp³-hybridized carbons (Fsp3) is 0.375. The van der Waals surface area contributed by atoms with E-state index < -0.39 is 5.82 Å². The van der Waals surface area contributed by atoms with Crippen molar-refractivity contribution >= 4 is 17.3 Å². The average molecular weight is 455 g/mol. The molecule has 0 radical (unpaired) electrons. The topological polar surface area (TPSA) is 112 Å². The molecule has 9 heteroatoms. The zero-order valence-corrected chi connectivity index (χ0v) is 18.9. The van der Waals surface area contributed by atoms with Crippen LogP contribution in [0.5, 0.6) is 5.75 Å². The first kappa shape index (κ1) is 22.6. The number of carbonyl (C=O) groups is 1. The first-order valence-corrected chi connectivity index (χ1v) is 11.0. The summed E-state index contributed by atoms with van der Waals surface area (Å²) in [6.45, 7) is 6.55. The van der Waals surface area contributed by atoms with Crippen molar-refractivity contribution in [2.24, 2.45) is 0 Å². The molecule has 0 aliphatic carbocycles. The van der Waals surface area contributed by atoms with Gasteiger partial charge in [-0.25, -0.2) is 4.39 Å². The van der Waals surface area contributed by atoms with Gasteiger partial charge in [-0.15, -0.1) is 0 Å². The summed E-state index contributed by atoms with van der Waals surface area (Å²) >= 11 is 0. The Balaban J connectivity index is 1.59. The van der Waals surface area contributed by atoms with Crippen LogP contribution in [-0.2, 0) is 9.53 Å². The minimum Gasteiger partial charge on any atom is -0.489 e. The molecule has 174 valence electrons. The van der Waals surface area contributed by atoms with Gasteiger partial charge in [0.05, 0.1) is 29.6 Å². The van der Waals surface area contributed by atoms with Crippen molar-refractivity contribution in [3.8, 4) is 28.6 Å². The van der Waals surface area contributed by atoms with Crippen LogP contribution in [0.4, 0.5) is 15.8 Å². The summed E-state index contributed by atoms with van der Waals surface area (Å²) in [5.74, 6) is 0.294. The molecular weight excluding hydrogens is 427 g/mol. The summed E-state index contributed by atoms with van der Waals surface area (Å²) in [6, 6.07) is 8.32. The molecule has 0 saturated heterocycles. The average Bonchev–Trinajstić information content (AvgIpc) is 3.41. The van der Waals surface area contributed by atoms with Crippen LogP contribution in [-0.4, -0.2) is 35.4 Å². The molecule has 1 aliphatic heterocycles. The van der Waals surface area contributed by atoms with Crippen molar-refractivity contribution in [3.63, 3.8) is 0 Å². The van der Waals surface area contributed by atoms with Crippen LogP contribution in [0.1, 0.15) is 45.1 Å². The molecule has 2 aromatic carbocycles. The monoisotopic (exact) mass is 454 g/mol. The zero-order valence-electron chi connectivity index (χ0n) is 18.9. The molecule has 0 bridgehead atoms. The molecule has 2 heterocycles. The molecule has 1 unspecified atom stereocenters. The van der Waals surface area contributed by atoms with Crippen LogP contribution < -0.4 is 15.8 Å². The van der Waals surface area contributed by atoms with Crippen LogP contribution in [0.15, 0.2) is 34.9 Å². The Hall–Kier alpha value is -3.62. The number of nitrogens with one attached hydrogen (secondary N) is 1. The van der Waals surface area contributed by atoms with Crippen molar-refractivity contribution < 1.29 is 23.2 Å². The van der Waals surface area contributed by atoms with Crippen LogP contribution in [0.25, 0.3) is 22.8 Å². The fourth-order valence-electron chi connectivity index (χ4n) is 3.95. The van der Waals surface area contributed by atoms with Crippen molar-refractivity contribution in [2.45, 2.75) is 45.6 Å². The van der Waals surface area contributed by atoms with Crippen molar-refractivity contribution in [1.82, 2.24) is 10.1 Å². The largest absolute Gasteiger partial charge is 0.489 e. The third-order valence-electron chi connectivity index (χ3n) is 5.42. The van der Waals surface area contributed by atoms with E-state index in [9.17, 15) is 9.18 Å². The third-order valence-corrected chi connectivity index (χ3v) is 5.42. The smallest absolute Gasteiger partial charge is 0.305 e. The van der Waals surface area contributed by atoms with E-state index in [1.807, 2.05) is 13.8 Å². The van der Waals surface area contributed by atoms with E-state index in [0.717, 1.165) is 5.56 Å². The molecular formula is C24H27FN4O4. The number of nitrogen functional groups attached to an aromatic ring is 1. The predicted molar refractivity (Wildman–Crippen MR) is 122 cm³/mol. The second-order valence-corrected chi connectivity index (χ2v) is 8.15. The maximum absolute atomic E-state index is 14.9. The Bertz CT molecular complexity index is 1160. The summed E-state index contributed by atoms with van der Waals surface area (Å²) in [5, 5.41) is 7.26. The van der Waals surface area contributed by atoms with E-state index in [1.54, 1.807) is 31.2 Å². The minimum absolute atomic E-state index is 0.00933. The molecule has 4 rings (SSSR count). The van der Waals surface area contributed by atoms with Gasteiger partial charge in [-0.3, -0.25) is 4.79 Å². The number of fused-ring (bicyclic) bond motifs is 1. The Morgan fingerprint density at radius 2 is 2.15 bits per heavy atom. The van der Waals surface area contributed by atoms with Crippen molar-refractivity contribution in [1.29, 1.82) is 0 Å². The molecule has 1 atom stereocenters. The first-order chi connectivity index (χ1) is 15.9. The van der Waals surface area contributed by atoms with Gasteiger partial charge in [-0.05, 0) is 57.0 Å². The SMILES string of the molecule is CCOC(=O)CCC1CNc2c1ccc(F)c2-c1noc(-c2ccc(OC(C)C)c(N)c2)n1. The van der Waals surface area contributed by atoms with E-state index in [4.69, 9.17) is 19.7 Å². The van der Waals surface area contributed by atoms with Gasteiger partial charge in [0.25, 0.3) is 5.89 Å². The third kappa shape index (κ3) is 4.76. The van der Waals surface area contributed by atoms with Crippen molar-refractivity contribution in [3.05, 3.63) is 41.7 Å². The van der Waals surface area contributed by atoms with E-state index in [-0.39, 0.29) is 35.3 Å². The zero-order chi connectivity index (χ0) is 23.5. The number of ether oxygens (including phenoxy) is 2. The van der Waals surface area contributed by atoms with E-state index in [1.165, 1.54) is 6.07 Å². The molecule has 1 aromatic heterocycles. The molecule has 1 aliphatic rings. The molecule has 0 saturated carbocycles. The number of esters is 1. The summed E-state index contributed by atoms with van der Waals surface area (Å²) < 4.78 is 30.9. The highest BCUT2D eigenvalue weighted by molar-refractivity contribution is 5.80. The Morgan fingerprint density at radius 3 is 2.88 bits per heavy atom. The lowest BCUT2D eigenvalue weighted by Crippen LogP contribution is -2.08. The minimum atomic E-state index is -0.458. The van der Waals surface area contributed by atoms with E-state index >= 15 is 0 Å². The van der Waals surface area contributed by atoms with Gasteiger partial charge in [0.15, 0.2) is 0 Å². The van der Waals surface area contributed by atoms with Gasteiger partial charge < -0.3 is 25.0 Å².